The molecule has 0 heterocycles. The van der Waals surface area contributed by atoms with Crippen LogP contribution >= 0.6 is 11.8 Å². The Morgan fingerprint density at radius 3 is 2.00 bits per heavy atom. The fourth-order valence-corrected chi connectivity index (χ4v) is 2.63. The van der Waals surface area contributed by atoms with Crippen molar-refractivity contribution in [3.05, 3.63) is 0 Å². The average molecular weight is 260 g/mol. The Labute approximate surface area is 113 Å². The van der Waals surface area contributed by atoms with Gasteiger partial charge in [0.2, 0.25) is 0 Å². The van der Waals surface area contributed by atoms with Gasteiger partial charge in [-0.1, -0.05) is 72.6 Å². The number of hydrogen-bond acceptors (Lipinski definition) is 2. The SMILES string of the molecule is CCCCCCCCCC(O)CSC(C)(C)C. The first-order valence-electron chi connectivity index (χ1n) is 7.27. The normalized spacial score (nSPS) is 13.9. The van der Waals surface area contributed by atoms with E-state index in [2.05, 4.69) is 27.7 Å². The Morgan fingerprint density at radius 2 is 1.47 bits per heavy atom. The van der Waals surface area contributed by atoms with E-state index in [1.165, 1.54) is 44.9 Å². The molecule has 104 valence electrons. The van der Waals surface area contributed by atoms with Crippen molar-refractivity contribution in [2.24, 2.45) is 0 Å². The van der Waals surface area contributed by atoms with Gasteiger partial charge in [0.25, 0.3) is 0 Å². The van der Waals surface area contributed by atoms with Gasteiger partial charge in [-0.25, -0.2) is 0 Å². The summed E-state index contributed by atoms with van der Waals surface area (Å²) in [5.41, 5.74) is 0. The van der Waals surface area contributed by atoms with Crippen molar-refractivity contribution in [2.75, 3.05) is 5.75 Å². The second kappa shape index (κ2) is 10.3. The molecule has 0 radical (unpaired) electrons. The van der Waals surface area contributed by atoms with E-state index in [1.54, 1.807) is 0 Å². The highest BCUT2D eigenvalue weighted by Gasteiger charge is 2.13. The number of hydrogen-bond donors (Lipinski definition) is 1. The number of aliphatic hydroxyl groups excluding tert-OH is 1. The van der Waals surface area contributed by atoms with E-state index in [9.17, 15) is 5.11 Å². The molecular formula is C15H32OS. The van der Waals surface area contributed by atoms with Crippen molar-refractivity contribution >= 4 is 11.8 Å². The largest absolute Gasteiger partial charge is 0.392 e. The molecule has 1 atom stereocenters. The minimum absolute atomic E-state index is 0.102. The van der Waals surface area contributed by atoms with Crippen LogP contribution in [0.1, 0.15) is 79.1 Å². The lowest BCUT2D eigenvalue weighted by molar-refractivity contribution is 0.184. The highest BCUT2D eigenvalue weighted by atomic mass is 32.2. The molecule has 0 aromatic rings. The molecule has 0 fully saturated rings. The zero-order valence-corrected chi connectivity index (χ0v) is 13.1. The molecule has 0 aromatic carbocycles. The Kier molecular flexibility index (Phi) is 10.4. The van der Waals surface area contributed by atoms with Crippen molar-refractivity contribution in [1.82, 2.24) is 0 Å². The van der Waals surface area contributed by atoms with Gasteiger partial charge in [0, 0.05) is 10.5 Å². The van der Waals surface area contributed by atoms with Gasteiger partial charge in [0.15, 0.2) is 0 Å². The summed E-state index contributed by atoms with van der Waals surface area (Å²) < 4.78 is 0.279. The van der Waals surface area contributed by atoms with Gasteiger partial charge in [0.05, 0.1) is 6.10 Å². The minimum atomic E-state index is -0.102. The van der Waals surface area contributed by atoms with E-state index in [1.807, 2.05) is 11.8 Å². The fraction of sp³-hybridized carbons (Fsp3) is 1.00. The molecule has 2 heteroatoms. The van der Waals surface area contributed by atoms with Crippen LogP contribution in [0.15, 0.2) is 0 Å². The zero-order valence-electron chi connectivity index (χ0n) is 12.3. The van der Waals surface area contributed by atoms with Crippen LogP contribution in [-0.4, -0.2) is 21.7 Å². The van der Waals surface area contributed by atoms with Crippen LogP contribution in [0.4, 0.5) is 0 Å². The van der Waals surface area contributed by atoms with Crippen molar-refractivity contribution in [2.45, 2.75) is 89.9 Å². The minimum Gasteiger partial charge on any atom is -0.392 e. The molecule has 0 amide bonds. The van der Waals surface area contributed by atoms with Gasteiger partial charge >= 0.3 is 0 Å². The summed E-state index contributed by atoms with van der Waals surface area (Å²) in [5.74, 6) is 0.888. The molecular weight excluding hydrogens is 228 g/mol. The molecule has 0 aliphatic heterocycles. The Hall–Kier alpha value is 0.310. The summed E-state index contributed by atoms with van der Waals surface area (Å²) in [5, 5.41) is 9.83. The number of aliphatic hydroxyl groups is 1. The molecule has 0 rings (SSSR count). The summed E-state index contributed by atoms with van der Waals surface area (Å²) in [6, 6.07) is 0. The van der Waals surface area contributed by atoms with Crippen molar-refractivity contribution in [3.63, 3.8) is 0 Å². The van der Waals surface area contributed by atoms with Crippen molar-refractivity contribution < 1.29 is 5.11 Å². The third kappa shape index (κ3) is 14.2. The van der Waals surface area contributed by atoms with Gasteiger partial charge in [-0.3, -0.25) is 0 Å². The smallest absolute Gasteiger partial charge is 0.0630 e. The maximum absolute atomic E-state index is 9.83. The van der Waals surface area contributed by atoms with E-state index in [0.717, 1.165) is 12.2 Å². The van der Waals surface area contributed by atoms with Crippen LogP contribution in [0, 0.1) is 0 Å². The molecule has 0 aromatic heterocycles. The predicted octanol–water partition coefficient (Wildman–Crippen LogP) is 5.02. The monoisotopic (exact) mass is 260 g/mol. The Balaban J connectivity index is 3.25. The lowest BCUT2D eigenvalue weighted by atomic mass is 10.1. The predicted molar refractivity (Wildman–Crippen MR) is 80.8 cm³/mol. The standard InChI is InChI=1S/C15H32OS/c1-5-6-7-8-9-10-11-12-14(16)13-17-15(2,3)4/h14,16H,5-13H2,1-4H3. The Morgan fingerprint density at radius 1 is 0.941 bits per heavy atom. The molecule has 1 nitrogen and oxygen atoms in total. The lowest BCUT2D eigenvalue weighted by Crippen LogP contribution is -2.16. The van der Waals surface area contributed by atoms with E-state index < -0.39 is 0 Å². The molecule has 1 unspecified atom stereocenters. The molecule has 0 aliphatic carbocycles. The molecule has 17 heavy (non-hydrogen) atoms. The zero-order chi connectivity index (χ0) is 13.1. The number of rotatable bonds is 10. The highest BCUT2D eigenvalue weighted by Crippen LogP contribution is 2.24. The van der Waals surface area contributed by atoms with Crippen molar-refractivity contribution in [1.29, 1.82) is 0 Å². The third-order valence-corrected chi connectivity index (χ3v) is 4.27. The van der Waals surface area contributed by atoms with E-state index in [4.69, 9.17) is 0 Å². The van der Waals surface area contributed by atoms with E-state index in [0.29, 0.717) is 0 Å². The molecule has 1 N–H and O–H groups in total. The first kappa shape index (κ1) is 17.3. The summed E-state index contributed by atoms with van der Waals surface area (Å²) in [6.45, 7) is 8.87. The van der Waals surface area contributed by atoms with Gasteiger partial charge < -0.3 is 5.11 Å². The summed E-state index contributed by atoms with van der Waals surface area (Å²) in [4.78, 5) is 0. The molecule has 0 saturated carbocycles. The first-order chi connectivity index (χ1) is 7.95. The maximum atomic E-state index is 9.83. The molecule has 0 aliphatic rings. The first-order valence-corrected chi connectivity index (χ1v) is 8.26. The summed E-state index contributed by atoms with van der Waals surface area (Å²) >= 11 is 1.87. The van der Waals surface area contributed by atoms with Gasteiger partial charge in [0.1, 0.15) is 0 Å². The fourth-order valence-electron chi connectivity index (χ4n) is 1.77. The van der Waals surface area contributed by atoms with Crippen LogP contribution in [-0.2, 0) is 0 Å². The highest BCUT2D eigenvalue weighted by molar-refractivity contribution is 8.00. The van der Waals surface area contributed by atoms with Crippen LogP contribution in [0.5, 0.6) is 0 Å². The number of unbranched alkanes of at least 4 members (excludes halogenated alkanes) is 6. The number of thioether (sulfide) groups is 1. The molecule has 0 saturated heterocycles. The van der Waals surface area contributed by atoms with E-state index in [-0.39, 0.29) is 10.9 Å². The van der Waals surface area contributed by atoms with Crippen LogP contribution in [0.3, 0.4) is 0 Å². The molecule has 0 bridgehead atoms. The van der Waals surface area contributed by atoms with Gasteiger partial charge in [-0.15, -0.1) is 0 Å². The van der Waals surface area contributed by atoms with Crippen molar-refractivity contribution in [3.8, 4) is 0 Å². The van der Waals surface area contributed by atoms with Gasteiger partial charge in [-0.2, -0.15) is 11.8 Å². The summed E-state index contributed by atoms with van der Waals surface area (Å²) in [6.07, 6.45) is 10.2. The molecule has 0 spiro atoms. The lowest BCUT2D eigenvalue weighted by Gasteiger charge is -2.20. The van der Waals surface area contributed by atoms with Crippen LogP contribution in [0.25, 0.3) is 0 Å². The second-order valence-electron chi connectivity index (χ2n) is 5.99. The third-order valence-electron chi connectivity index (χ3n) is 2.85. The van der Waals surface area contributed by atoms with Crippen LogP contribution < -0.4 is 0 Å². The van der Waals surface area contributed by atoms with Gasteiger partial charge in [-0.05, 0) is 6.42 Å². The topological polar surface area (TPSA) is 20.2 Å². The maximum Gasteiger partial charge on any atom is 0.0630 e. The average Bonchev–Trinajstić information content (AvgIpc) is 2.24. The Bertz CT molecular complexity index is 163. The second-order valence-corrected chi connectivity index (χ2v) is 7.83. The summed E-state index contributed by atoms with van der Waals surface area (Å²) in [7, 11) is 0. The van der Waals surface area contributed by atoms with Crippen LogP contribution in [0.2, 0.25) is 0 Å². The van der Waals surface area contributed by atoms with E-state index >= 15 is 0 Å². The quantitative estimate of drug-likeness (QED) is 0.557.